The second-order valence-electron chi connectivity index (χ2n) is 4.26. The zero-order valence-electron chi connectivity index (χ0n) is 11.1. The Morgan fingerprint density at radius 3 is 2.81 bits per heavy atom. The van der Waals surface area contributed by atoms with E-state index in [9.17, 15) is 20.0 Å². The Bertz CT molecular complexity index is 671. The van der Waals surface area contributed by atoms with Gasteiger partial charge >= 0.3 is 0 Å². The summed E-state index contributed by atoms with van der Waals surface area (Å²) in [6, 6.07) is 6.18. The van der Waals surface area contributed by atoms with Crippen molar-refractivity contribution in [3.8, 4) is 0 Å². The van der Waals surface area contributed by atoms with Crippen molar-refractivity contribution in [2.75, 3.05) is 5.32 Å². The maximum Gasteiger partial charge on any atom is 0.292 e. The van der Waals surface area contributed by atoms with Crippen LogP contribution >= 0.6 is 11.3 Å². The zero-order valence-corrected chi connectivity index (χ0v) is 11.9. The van der Waals surface area contributed by atoms with Crippen molar-refractivity contribution >= 4 is 33.8 Å². The Labute approximate surface area is 124 Å². The highest BCUT2D eigenvalue weighted by Gasteiger charge is 2.17. The molecule has 1 N–H and O–H groups in total. The average Bonchev–Trinajstić information content (AvgIpc) is 2.87. The Hall–Kier alpha value is -2.48. The normalized spacial score (nSPS) is 11.9. The van der Waals surface area contributed by atoms with Gasteiger partial charge in [0.05, 0.1) is 16.6 Å². The molecular formula is C13H12N3O4S-. The van der Waals surface area contributed by atoms with Gasteiger partial charge in [0.15, 0.2) is 5.13 Å². The number of carboxylic acids is 1. The molecule has 0 aliphatic carbocycles. The summed E-state index contributed by atoms with van der Waals surface area (Å²) in [6.45, 7) is 1.73. The van der Waals surface area contributed by atoms with E-state index in [1.165, 1.54) is 17.4 Å². The Morgan fingerprint density at radius 1 is 1.48 bits per heavy atom. The third kappa shape index (κ3) is 3.34. The van der Waals surface area contributed by atoms with E-state index in [-0.39, 0.29) is 5.69 Å². The molecule has 0 bridgehead atoms. The van der Waals surface area contributed by atoms with Crippen LogP contribution in [0.4, 0.5) is 16.5 Å². The van der Waals surface area contributed by atoms with Crippen LogP contribution < -0.4 is 10.4 Å². The van der Waals surface area contributed by atoms with Crippen LogP contribution in [0.2, 0.25) is 0 Å². The van der Waals surface area contributed by atoms with Crippen LogP contribution in [-0.2, 0) is 4.79 Å². The topological polar surface area (TPSA) is 108 Å². The van der Waals surface area contributed by atoms with Crippen LogP contribution in [0, 0.1) is 10.1 Å². The predicted octanol–water partition coefficient (Wildman–Crippen LogP) is 2.04. The van der Waals surface area contributed by atoms with Crippen molar-refractivity contribution in [3.05, 3.63) is 45.5 Å². The number of nitrogens with one attached hydrogen (secondary N) is 1. The number of nitro benzene ring substituents is 1. The van der Waals surface area contributed by atoms with Crippen molar-refractivity contribution in [1.82, 2.24) is 4.98 Å². The molecule has 0 fully saturated rings. The van der Waals surface area contributed by atoms with Gasteiger partial charge < -0.3 is 15.2 Å². The maximum atomic E-state index is 11.0. The maximum absolute atomic E-state index is 11.0. The largest absolute Gasteiger partial charge is 0.549 e. The quantitative estimate of drug-likeness (QED) is 0.646. The minimum atomic E-state index is -1.18. The molecule has 0 aliphatic rings. The number of aliphatic carboxylic acids is 1. The molecule has 7 nitrogen and oxygen atoms in total. The fourth-order valence-corrected chi connectivity index (χ4v) is 2.63. The number of hydrogen-bond donors (Lipinski definition) is 1. The van der Waals surface area contributed by atoms with Crippen molar-refractivity contribution in [2.24, 2.45) is 0 Å². The number of para-hydroxylation sites is 2. The van der Waals surface area contributed by atoms with E-state index in [0.717, 1.165) is 0 Å². The second-order valence-corrected chi connectivity index (χ2v) is 5.11. The molecule has 1 heterocycles. The summed E-state index contributed by atoms with van der Waals surface area (Å²) in [6.07, 6.45) is 0.372. The summed E-state index contributed by atoms with van der Waals surface area (Å²) in [5.74, 6) is -1.96. The first-order valence-electron chi connectivity index (χ1n) is 6.19. The van der Waals surface area contributed by atoms with Crippen molar-refractivity contribution in [2.45, 2.75) is 19.3 Å². The lowest BCUT2D eigenvalue weighted by Crippen LogP contribution is -2.29. The Balaban J connectivity index is 2.24. The van der Waals surface area contributed by atoms with Gasteiger partial charge in [0.1, 0.15) is 5.69 Å². The predicted molar refractivity (Wildman–Crippen MR) is 76.5 cm³/mol. The number of aromatic nitrogens is 1. The highest BCUT2D eigenvalue weighted by atomic mass is 32.1. The number of carbonyl (C=O) groups is 1. The molecule has 8 heteroatoms. The average molecular weight is 306 g/mol. The molecule has 1 atom stereocenters. The van der Waals surface area contributed by atoms with Crippen molar-refractivity contribution in [1.29, 1.82) is 0 Å². The van der Waals surface area contributed by atoms with Gasteiger partial charge in [0, 0.05) is 17.4 Å². The molecule has 0 saturated heterocycles. The summed E-state index contributed by atoms with van der Waals surface area (Å²) in [5.41, 5.74) is 0.634. The van der Waals surface area contributed by atoms with E-state index < -0.39 is 16.8 Å². The molecule has 110 valence electrons. The monoisotopic (exact) mass is 306 g/mol. The molecule has 21 heavy (non-hydrogen) atoms. The number of carbonyl (C=O) groups excluding carboxylic acids is 1. The molecule has 1 aromatic heterocycles. The van der Waals surface area contributed by atoms with Gasteiger partial charge in [-0.25, -0.2) is 4.98 Å². The highest BCUT2D eigenvalue weighted by Crippen LogP contribution is 2.30. The van der Waals surface area contributed by atoms with Gasteiger partial charge in [-0.15, -0.1) is 11.3 Å². The lowest BCUT2D eigenvalue weighted by molar-refractivity contribution is -0.383. The summed E-state index contributed by atoms with van der Waals surface area (Å²) >= 11 is 1.19. The molecule has 2 aromatic rings. The number of thiazole rings is 1. The van der Waals surface area contributed by atoms with Gasteiger partial charge in [-0.1, -0.05) is 19.1 Å². The SMILES string of the molecule is CCC(C(=O)[O-])c1csc(Nc2ccccc2[N+](=O)[O-])n1. The third-order valence-corrected chi connectivity index (χ3v) is 3.69. The van der Waals surface area contributed by atoms with Gasteiger partial charge in [-0.05, 0) is 12.5 Å². The lowest BCUT2D eigenvalue weighted by atomic mass is 10.0. The molecule has 0 aliphatic heterocycles. The molecule has 0 amide bonds. The molecule has 2 rings (SSSR count). The number of benzene rings is 1. The van der Waals surface area contributed by atoms with Crippen LogP contribution in [0.3, 0.4) is 0 Å². The molecule has 1 aromatic carbocycles. The molecule has 0 radical (unpaired) electrons. The van der Waals surface area contributed by atoms with Crippen LogP contribution in [0.15, 0.2) is 29.6 Å². The fourth-order valence-electron chi connectivity index (χ4n) is 1.85. The van der Waals surface area contributed by atoms with Crippen LogP contribution in [-0.4, -0.2) is 15.9 Å². The summed E-state index contributed by atoms with van der Waals surface area (Å²) < 4.78 is 0. The van der Waals surface area contributed by atoms with Crippen LogP contribution in [0.1, 0.15) is 25.0 Å². The van der Waals surface area contributed by atoms with Crippen LogP contribution in [0.5, 0.6) is 0 Å². The first kappa shape index (κ1) is 14.9. The van der Waals surface area contributed by atoms with Crippen molar-refractivity contribution < 1.29 is 14.8 Å². The first-order valence-corrected chi connectivity index (χ1v) is 7.07. The number of rotatable bonds is 6. The molecule has 1 unspecified atom stereocenters. The second kappa shape index (κ2) is 6.31. The standard InChI is InChI=1S/C13H13N3O4S/c1-2-8(12(17)18)10-7-21-13(15-10)14-9-5-3-4-6-11(9)16(19)20/h3-8H,2H2,1H3,(H,14,15)(H,17,18)/p-1. The fraction of sp³-hybridized carbons (Fsp3) is 0.231. The minimum absolute atomic E-state index is 0.0683. The molecule has 0 spiro atoms. The number of nitrogens with zero attached hydrogens (tertiary/aromatic N) is 2. The molecular weight excluding hydrogens is 294 g/mol. The smallest absolute Gasteiger partial charge is 0.292 e. The first-order chi connectivity index (χ1) is 10.0. The number of anilines is 2. The van der Waals surface area contributed by atoms with E-state index in [1.54, 1.807) is 30.5 Å². The summed E-state index contributed by atoms with van der Waals surface area (Å²) in [7, 11) is 0. The third-order valence-electron chi connectivity index (χ3n) is 2.91. The van der Waals surface area contributed by atoms with Gasteiger partial charge in [0.25, 0.3) is 5.69 Å². The van der Waals surface area contributed by atoms with E-state index in [0.29, 0.717) is 22.9 Å². The molecule has 0 saturated carbocycles. The summed E-state index contributed by atoms with van der Waals surface area (Å²) in [4.78, 5) is 25.6. The van der Waals surface area contributed by atoms with Gasteiger partial charge in [0.2, 0.25) is 0 Å². The van der Waals surface area contributed by atoms with Crippen LogP contribution in [0.25, 0.3) is 0 Å². The number of nitro groups is 1. The number of hydrogen-bond acceptors (Lipinski definition) is 7. The van der Waals surface area contributed by atoms with Crippen molar-refractivity contribution in [3.63, 3.8) is 0 Å². The lowest BCUT2D eigenvalue weighted by Gasteiger charge is -2.12. The minimum Gasteiger partial charge on any atom is -0.549 e. The number of carboxylic acid groups (broad SMARTS) is 1. The Kier molecular flexibility index (Phi) is 4.49. The summed E-state index contributed by atoms with van der Waals surface area (Å²) in [5, 5.41) is 26.8. The highest BCUT2D eigenvalue weighted by molar-refractivity contribution is 7.13. The van der Waals surface area contributed by atoms with E-state index in [1.807, 2.05) is 0 Å². The van der Waals surface area contributed by atoms with E-state index in [2.05, 4.69) is 10.3 Å². The zero-order chi connectivity index (χ0) is 15.4. The van der Waals surface area contributed by atoms with E-state index >= 15 is 0 Å². The van der Waals surface area contributed by atoms with Gasteiger partial charge in [-0.2, -0.15) is 0 Å². The van der Waals surface area contributed by atoms with Gasteiger partial charge in [-0.3, -0.25) is 10.1 Å². The Morgan fingerprint density at radius 2 is 2.19 bits per heavy atom. The van der Waals surface area contributed by atoms with E-state index in [4.69, 9.17) is 0 Å².